The summed E-state index contributed by atoms with van der Waals surface area (Å²) < 4.78 is 0. The van der Waals surface area contributed by atoms with Crippen molar-refractivity contribution in [3.05, 3.63) is 54.2 Å². The van der Waals surface area contributed by atoms with Gasteiger partial charge in [-0.15, -0.1) is 0 Å². The maximum absolute atomic E-state index is 12.5. The molecule has 2 aromatic rings. The molecule has 1 aliphatic rings. The van der Waals surface area contributed by atoms with Gasteiger partial charge in [0.1, 0.15) is 5.82 Å². The molecule has 1 aromatic heterocycles. The largest absolute Gasteiger partial charge is 0.368 e. The number of piperazine rings is 1. The Labute approximate surface area is 149 Å². The summed E-state index contributed by atoms with van der Waals surface area (Å²) in [5.41, 5.74) is 2.23. The second kappa shape index (κ2) is 7.88. The fourth-order valence-corrected chi connectivity index (χ4v) is 3.06. The van der Waals surface area contributed by atoms with Crippen molar-refractivity contribution in [2.45, 2.75) is 6.54 Å². The minimum absolute atomic E-state index is 0.0127. The van der Waals surface area contributed by atoms with E-state index in [-0.39, 0.29) is 6.03 Å². The van der Waals surface area contributed by atoms with Crippen LogP contribution < -0.4 is 15.1 Å². The Kier molecular flexibility index (Phi) is 5.38. The highest BCUT2D eigenvalue weighted by Crippen LogP contribution is 2.16. The van der Waals surface area contributed by atoms with E-state index in [2.05, 4.69) is 27.3 Å². The van der Waals surface area contributed by atoms with Gasteiger partial charge in [0.25, 0.3) is 0 Å². The van der Waals surface area contributed by atoms with Crippen LogP contribution in [-0.2, 0) is 6.54 Å². The molecule has 132 valence electrons. The number of nitrogens with zero attached hydrogens (tertiary/aromatic N) is 4. The van der Waals surface area contributed by atoms with Gasteiger partial charge in [-0.1, -0.05) is 24.3 Å². The van der Waals surface area contributed by atoms with Gasteiger partial charge in [0.2, 0.25) is 0 Å². The van der Waals surface area contributed by atoms with Crippen LogP contribution in [0.4, 0.5) is 16.3 Å². The maximum Gasteiger partial charge on any atom is 0.317 e. The minimum Gasteiger partial charge on any atom is -0.368 e. The summed E-state index contributed by atoms with van der Waals surface area (Å²) in [6.07, 6.45) is 1.77. The molecule has 1 aliphatic heterocycles. The summed E-state index contributed by atoms with van der Waals surface area (Å²) in [4.78, 5) is 23.0. The van der Waals surface area contributed by atoms with Gasteiger partial charge in [0.05, 0.1) is 0 Å². The molecule has 2 amide bonds. The molecule has 0 unspecified atom stereocenters. The second-order valence-corrected chi connectivity index (χ2v) is 6.35. The van der Waals surface area contributed by atoms with Crippen molar-refractivity contribution in [3.63, 3.8) is 0 Å². The third-order valence-corrected chi connectivity index (χ3v) is 4.41. The first-order valence-electron chi connectivity index (χ1n) is 8.59. The fourth-order valence-electron chi connectivity index (χ4n) is 3.06. The number of carbonyl (C=O) groups excluding carboxylic acids is 1. The zero-order chi connectivity index (χ0) is 17.6. The Bertz CT molecular complexity index is 696. The van der Waals surface area contributed by atoms with Gasteiger partial charge in [0, 0.05) is 64.3 Å². The second-order valence-electron chi connectivity index (χ2n) is 6.35. The number of rotatable bonds is 4. The van der Waals surface area contributed by atoms with Crippen molar-refractivity contribution in [1.29, 1.82) is 0 Å². The van der Waals surface area contributed by atoms with Crippen LogP contribution in [0, 0.1) is 0 Å². The van der Waals surface area contributed by atoms with Crippen molar-refractivity contribution in [3.8, 4) is 0 Å². The molecule has 0 radical (unpaired) electrons. The van der Waals surface area contributed by atoms with Crippen molar-refractivity contribution in [2.24, 2.45) is 0 Å². The summed E-state index contributed by atoms with van der Waals surface area (Å²) in [7, 11) is 3.91. The van der Waals surface area contributed by atoms with Crippen molar-refractivity contribution < 1.29 is 4.79 Å². The predicted octanol–water partition coefficient (Wildman–Crippen LogP) is 2.18. The zero-order valence-electron chi connectivity index (χ0n) is 14.9. The molecule has 0 atom stereocenters. The molecule has 1 saturated heterocycles. The summed E-state index contributed by atoms with van der Waals surface area (Å²) in [5.74, 6) is 0.886. The van der Waals surface area contributed by atoms with Gasteiger partial charge >= 0.3 is 6.03 Å². The summed E-state index contributed by atoms with van der Waals surface area (Å²) in [6, 6.07) is 14.2. The van der Waals surface area contributed by atoms with Crippen LogP contribution in [0.3, 0.4) is 0 Å². The van der Waals surface area contributed by atoms with E-state index in [1.165, 1.54) is 5.69 Å². The van der Waals surface area contributed by atoms with E-state index in [9.17, 15) is 4.79 Å². The Morgan fingerprint density at radius 1 is 1.08 bits per heavy atom. The molecule has 1 fully saturated rings. The molecule has 1 N–H and O–H groups in total. The molecular weight excluding hydrogens is 314 g/mol. The molecule has 0 spiro atoms. The molecule has 2 heterocycles. The molecule has 3 rings (SSSR count). The number of carbonyl (C=O) groups is 1. The van der Waals surface area contributed by atoms with Crippen LogP contribution >= 0.6 is 0 Å². The van der Waals surface area contributed by atoms with Crippen molar-refractivity contribution in [1.82, 2.24) is 15.2 Å². The normalized spacial score (nSPS) is 14.3. The van der Waals surface area contributed by atoms with E-state index in [4.69, 9.17) is 0 Å². The van der Waals surface area contributed by atoms with E-state index >= 15 is 0 Å². The number of hydrogen-bond donors (Lipinski definition) is 1. The lowest BCUT2D eigenvalue weighted by Gasteiger charge is -2.36. The highest BCUT2D eigenvalue weighted by Gasteiger charge is 2.21. The van der Waals surface area contributed by atoms with Gasteiger partial charge in [0.15, 0.2) is 0 Å². The van der Waals surface area contributed by atoms with Crippen LogP contribution in [0.5, 0.6) is 0 Å². The van der Waals surface area contributed by atoms with Gasteiger partial charge in [-0.25, -0.2) is 9.78 Å². The Hall–Kier alpha value is -2.76. The van der Waals surface area contributed by atoms with Crippen LogP contribution in [0.2, 0.25) is 0 Å². The number of hydrogen-bond acceptors (Lipinski definition) is 4. The number of nitrogens with one attached hydrogen (secondary N) is 1. The molecular formula is C19H25N5O. The Balaban J connectivity index is 1.52. The SMILES string of the molecule is CN(C)c1ncccc1CNC(=O)N1CCN(c2ccccc2)CC1. The molecule has 6 heteroatoms. The third kappa shape index (κ3) is 4.21. The monoisotopic (exact) mass is 339 g/mol. The first kappa shape index (κ1) is 17.1. The molecule has 6 nitrogen and oxygen atoms in total. The van der Waals surface area contributed by atoms with Gasteiger partial charge in [-0.2, -0.15) is 0 Å². The molecule has 0 aliphatic carbocycles. The van der Waals surface area contributed by atoms with Crippen LogP contribution in [0.1, 0.15) is 5.56 Å². The zero-order valence-corrected chi connectivity index (χ0v) is 14.9. The maximum atomic E-state index is 12.5. The molecule has 0 bridgehead atoms. The van der Waals surface area contributed by atoms with E-state index in [1.54, 1.807) is 6.20 Å². The molecule has 25 heavy (non-hydrogen) atoms. The summed E-state index contributed by atoms with van der Waals surface area (Å²) >= 11 is 0. The highest BCUT2D eigenvalue weighted by molar-refractivity contribution is 5.74. The Morgan fingerprint density at radius 3 is 2.48 bits per heavy atom. The standard InChI is InChI=1S/C19H25N5O/c1-22(2)18-16(7-6-10-20-18)15-21-19(25)24-13-11-23(12-14-24)17-8-4-3-5-9-17/h3-10H,11-15H2,1-2H3,(H,21,25). The number of benzene rings is 1. The lowest BCUT2D eigenvalue weighted by molar-refractivity contribution is 0.194. The van der Waals surface area contributed by atoms with Crippen LogP contribution in [0.25, 0.3) is 0 Å². The van der Waals surface area contributed by atoms with Crippen molar-refractivity contribution in [2.75, 3.05) is 50.1 Å². The number of aromatic nitrogens is 1. The van der Waals surface area contributed by atoms with Crippen LogP contribution in [0.15, 0.2) is 48.7 Å². The molecule has 1 aromatic carbocycles. The first-order chi connectivity index (χ1) is 12.1. The van der Waals surface area contributed by atoms with Crippen LogP contribution in [-0.4, -0.2) is 56.2 Å². The quantitative estimate of drug-likeness (QED) is 0.928. The Morgan fingerprint density at radius 2 is 1.80 bits per heavy atom. The van der Waals surface area contributed by atoms with Crippen molar-refractivity contribution >= 4 is 17.5 Å². The topological polar surface area (TPSA) is 51.7 Å². The van der Waals surface area contributed by atoms with E-state index in [0.29, 0.717) is 6.54 Å². The highest BCUT2D eigenvalue weighted by atomic mass is 16.2. The summed E-state index contributed by atoms with van der Waals surface area (Å²) in [5, 5.41) is 3.02. The molecule has 0 saturated carbocycles. The fraction of sp³-hybridized carbons (Fsp3) is 0.368. The number of pyridine rings is 1. The number of amides is 2. The van der Waals surface area contributed by atoms with Gasteiger partial charge < -0.3 is 20.0 Å². The van der Waals surface area contributed by atoms with E-state index in [1.807, 2.05) is 54.2 Å². The number of urea groups is 1. The predicted molar refractivity (Wildman–Crippen MR) is 101 cm³/mol. The third-order valence-electron chi connectivity index (χ3n) is 4.41. The van der Waals surface area contributed by atoms with Gasteiger partial charge in [-0.3, -0.25) is 0 Å². The average molecular weight is 339 g/mol. The van der Waals surface area contributed by atoms with E-state index in [0.717, 1.165) is 37.6 Å². The average Bonchev–Trinajstić information content (AvgIpc) is 2.67. The lowest BCUT2D eigenvalue weighted by Crippen LogP contribution is -2.51. The first-order valence-corrected chi connectivity index (χ1v) is 8.59. The smallest absolute Gasteiger partial charge is 0.317 e. The minimum atomic E-state index is -0.0127. The lowest BCUT2D eigenvalue weighted by atomic mass is 10.2. The summed E-state index contributed by atoms with van der Waals surface area (Å²) in [6.45, 7) is 3.66. The number of anilines is 2. The van der Waals surface area contributed by atoms with Gasteiger partial charge in [-0.05, 0) is 18.2 Å². The number of para-hydroxylation sites is 1. The van der Waals surface area contributed by atoms with E-state index < -0.39 is 0 Å².